The third-order valence-electron chi connectivity index (χ3n) is 6.29. The zero-order valence-corrected chi connectivity index (χ0v) is 19.3. The molecule has 0 bridgehead atoms. The quantitative estimate of drug-likeness (QED) is 0.519. The molecule has 174 valence electrons. The average molecular weight is 451 g/mol. The molecule has 0 saturated carbocycles. The van der Waals surface area contributed by atoms with Crippen LogP contribution < -0.4 is 4.74 Å². The summed E-state index contributed by atoms with van der Waals surface area (Å²) in [5, 5.41) is 1.03. The number of hydrogen-bond acceptors (Lipinski definition) is 6. The van der Waals surface area contributed by atoms with Crippen LogP contribution in [-0.4, -0.2) is 48.7 Å². The first-order valence-corrected chi connectivity index (χ1v) is 11.3. The maximum Gasteiger partial charge on any atom is 0.323 e. The summed E-state index contributed by atoms with van der Waals surface area (Å²) in [6.45, 7) is 2.70. The van der Waals surface area contributed by atoms with Gasteiger partial charge in [0.1, 0.15) is 11.8 Å². The molecule has 0 aliphatic carbocycles. The van der Waals surface area contributed by atoms with Gasteiger partial charge in [-0.05, 0) is 42.7 Å². The Bertz CT molecular complexity index is 1120. The molecule has 2 atom stereocenters. The van der Waals surface area contributed by atoms with Crippen molar-refractivity contribution in [3.05, 3.63) is 65.4 Å². The molecule has 7 heteroatoms. The number of nitrogens with one attached hydrogen (secondary N) is 1. The van der Waals surface area contributed by atoms with Gasteiger partial charge >= 0.3 is 11.9 Å². The summed E-state index contributed by atoms with van der Waals surface area (Å²) in [4.78, 5) is 30.9. The number of benzene rings is 2. The molecule has 0 unspecified atom stereocenters. The van der Waals surface area contributed by atoms with Crippen molar-refractivity contribution in [3.8, 4) is 5.75 Å². The first kappa shape index (κ1) is 22.9. The predicted molar refractivity (Wildman–Crippen MR) is 125 cm³/mol. The number of carbonyl (C=O) groups is 2. The number of nitrogens with zero attached hydrogens (tertiary/aromatic N) is 1. The zero-order chi connectivity index (χ0) is 23.4. The smallest absolute Gasteiger partial charge is 0.323 e. The van der Waals surface area contributed by atoms with Gasteiger partial charge in [-0.2, -0.15) is 0 Å². The lowest BCUT2D eigenvalue weighted by Crippen LogP contribution is -2.48. The molecule has 2 aromatic carbocycles. The van der Waals surface area contributed by atoms with Gasteiger partial charge in [0.05, 0.1) is 26.9 Å². The van der Waals surface area contributed by atoms with Crippen LogP contribution in [-0.2, 0) is 32.0 Å². The number of aromatic nitrogens is 1. The van der Waals surface area contributed by atoms with Crippen LogP contribution in [0.3, 0.4) is 0 Å². The van der Waals surface area contributed by atoms with Gasteiger partial charge in [-0.25, -0.2) is 0 Å². The van der Waals surface area contributed by atoms with Crippen LogP contribution in [0.25, 0.3) is 10.9 Å². The van der Waals surface area contributed by atoms with Crippen molar-refractivity contribution in [2.45, 2.75) is 44.8 Å². The van der Waals surface area contributed by atoms with E-state index in [9.17, 15) is 9.59 Å². The van der Waals surface area contributed by atoms with Gasteiger partial charge in [0, 0.05) is 36.0 Å². The third kappa shape index (κ3) is 4.73. The Balaban J connectivity index is 1.82. The van der Waals surface area contributed by atoms with Crippen LogP contribution in [0.2, 0.25) is 0 Å². The molecule has 1 aliphatic rings. The Morgan fingerprint density at radius 2 is 1.91 bits per heavy atom. The number of ether oxygens (including phenoxy) is 3. The summed E-state index contributed by atoms with van der Waals surface area (Å²) in [5.41, 5.74) is 4.17. The van der Waals surface area contributed by atoms with Crippen molar-refractivity contribution < 1.29 is 23.8 Å². The lowest BCUT2D eigenvalue weighted by atomic mass is 9.88. The van der Waals surface area contributed by atoms with Crippen LogP contribution in [0.15, 0.2) is 48.5 Å². The van der Waals surface area contributed by atoms with E-state index in [4.69, 9.17) is 14.2 Å². The summed E-state index contributed by atoms with van der Waals surface area (Å²) in [6, 6.07) is 15.3. The first-order valence-electron chi connectivity index (χ1n) is 11.3. The third-order valence-corrected chi connectivity index (χ3v) is 6.29. The lowest BCUT2D eigenvalue weighted by Gasteiger charge is -2.41. The first-order chi connectivity index (χ1) is 16.0. The molecule has 0 amide bonds. The molecular formula is C26H30N2O5. The monoisotopic (exact) mass is 450 g/mol. The minimum absolute atomic E-state index is 0.180. The average Bonchev–Trinajstić information content (AvgIpc) is 3.20. The Morgan fingerprint density at radius 3 is 2.61 bits per heavy atom. The Morgan fingerprint density at radius 1 is 1.12 bits per heavy atom. The van der Waals surface area contributed by atoms with E-state index in [0.29, 0.717) is 26.0 Å². The second kappa shape index (κ2) is 10.1. The number of H-pyrrole nitrogens is 1. The molecule has 1 aromatic heterocycles. The molecule has 2 heterocycles. The van der Waals surface area contributed by atoms with E-state index < -0.39 is 6.04 Å². The van der Waals surface area contributed by atoms with Crippen molar-refractivity contribution in [1.29, 1.82) is 0 Å². The van der Waals surface area contributed by atoms with Crippen LogP contribution in [0, 0.1) is 0 Å². The second-order valence-electron chi connectivity index (χ2n) is 8.19. The van der Waals surface area contributed by atoms with Gasteiger partial charge in [-0.15, -0.1) is 0 Å². The fourth-order valence-electron chi connectivity index (χ4n) is 4.71. The maximum absolute atomic E-state index is 13.1. The number of rotatable bonds is 8. The van der Waals surface area contributed by atoms with E-state index in [1.54, 1.807) is 7.11 Å². The number of methoxy groups -OCH3 is 2. The van der Waals surface area contributed by atoms with Crippen LogP contribution in [0.1, 0.15) is 42.6 Å². The van der Waals surface area contributed by atoms with Crippen LogP contribution in [0.5, 0.6) is 5.75 Å². The van der Waals surface area contributed by atoms with Crippen LogP contribution in [0.4, 0.5) is 0 Å². The standard InChI is InChI=1S/C26H30N2O5/c1-4-33-26(30)23-15-20-19-14-18(31-2)10-11-21(19)27-25(20)22(12-13-24(29)32-3)28(23)16-17-8-6-5-7-9-17/h5-11,14,22-23,27H,4,12-13,15-16H2,1-3H3/t22-,23+/m0/s1. The van der Waals surface area contributed by atoms with E-state index in [-0.39, 0.29) is 24.4 Å². The molecule has 0 saturated heterocycles. The number of esters is 2. The summed E-state index contributed by atoms with van der Waals surface area (Å²) in [7, 11) is 3.04. The minimum atomic E-state index is -0.467. The molecule has 4 rings (SSSR count). The van der Waals surface area contributed by atoms with Crippen molar-refractivity contribution in [2.24, 2.45) is 0 Å². The fourth-order valence-corrected chi connectivity index (χ4v) is 4.71. The van der Waals surface area contributed by atoms with Crippen LogP contribution >= 0.6 is 0 Å². The molecule has 7 nitrogen and oxygen atoms in total. The summed E-state index contributed by atoms with van der Waals surface area (Å²) >= 11 is 0. The van der Waals surface area contributed by atoms with Crippen molar-refractivity contribution in [1.82, 2.24) is 9.88 Å². The molecule has 3 aromatic rings. The fraction of sp³-hybridized carbons (Fsp3) is 0.385. The van der Waals surface area contributed by atoms with Gasteiger partial charge in [0.15, 0.2) is 0 Å². The molecular weight excluding hydrogens is 420 g/mol. The summed E-state index contributed by atoms with van der Waals surface area (Å²) in [5.74, 6) is 0.237. The van der Waals surface area contributed by atoms with E-state index in [1.165, 1.54) is 7.11 Å². The molecule has 1 aliphatic heterocycles. The highest BCUT2D eigenvalue weighted by atomic mass is 16.5. The predicted octanol–water partition coefficient (Wildman–Crippen LogP) is 4.16. The number of fused-ring (bicyclic) bond motifs is 3. The largest absolute Gasteiger partial charge is 0.497 e. The molecule has 0 fully saturated rings. The van der Waals surface area contributed by atoms with Gasteiger partial charge in [-0.1, -0.05) is 30.3 Å². The Hall–Kier alpha value is -3.32. The highest BCUT2D eigenvalue weighted by Crippen LogP contribution is 2.41. The normalized spacial score (nSPS) is 18.0. The van der Waals surface area contributed by atoms with E-state index in [1.807, 2.05) is 55.5 Å². The summed E-state index contributed by atoms with van der Waals surface area (Å²) < 4.78 is 15.8. The van der Waals surface area contributed by atoms with Crippen molar-refractivity contribution in [3.63, 3.8) is 0 Å². The van der Waals surface area contributed by atoms with E-state index in [2.05, 4.69) is 9.88 Å². The van der Waals surface area contributed by atoms with E-state index >= 15 is 0 Å². The summed E-state index contributed by atoms with van der Waals surface area (Å²) in [6.07, 6.45) is 1.29. The second-order valence-corrected chi connectivity index (χ2v) is 8.19. The topological polar surface area (TPSA) is 80.9 Å². The zero-order valence-electron chi connectivity index (χ0n) is 19.3. The maximum atomic E-state index is 13.1. The molecule has 1 N–H and O–H groups in total. The lowest BCUT2D eigenvalue weighted by molar-refractivity contribution is -0.151. The van der Waals surface area contributed by atoms with Gasteiger partial charge < -0.3 is 19.2 Å². The van der Waals surface area contributed by atoms with E-state index in [0.717, 1.165) is 33.5 Å². The number of carbonyl (C=O) groups excluding carboxylic acids is 2. The number of hydrogen-bond donors (Lipinski definition) is 1. The van der Waals surface area contributed by atoms with Gasteiger partial charge in [0.25, 0.3) is 0 Å². The molecule has 33 heavy (non-hydrogen) atoms. The Kier molecular flexibility index (Phi) is 6.99. The van der Waals surface area contributed by atoms with Crippen molar-refractivity contribution in [2.75, 3.05) is 20.8 Å². The highest BCUT2D eigenvalue weighted by molar-refractivity contribution is 5.88. The highest BCUT2D eigenvalue weighted by Gasteiger charge is 2.41. The SMILES string of the molecule is CCOC(=O)[C@H]1Cc2c([nH]c3ccc(OC)cc23)[C@H](CCC(=O)OC)N1Cc1ccccc1. The number of aromatic amines is 1. The van der Waals surface area contributed by atoms with Gasteiger partial charge in [0.2, 0.25) is 0 Å². The molecule has 0 radical (unpaired) electrons. The van der Waals surface area contributed by atoms with Crippen molar-refractivity contribution >= 4 is 22.8 Å². The Labute approximate surface area is 193 Å². The molecule has 0 spiro atoms. The van der Waals surface area contributed by atoms with Gasteiger partial charge in [-0.3, -0.25) is 14.5 Å². The minimum Gasteiger partial charge on any atom is -0.497 e.